The number of benzene rings is 1. The minimum absolute atomic E-state index is 0.181. The molecule has 1 aromatic carbocycles. The number of likely N-dealkylation sites (tertiary alicyclic amines) is 1. The molecule has 3 heterocycles. The van der Waals surface area contributed by atoms with Crippen LogP contribution in [0.15, 0.2) is 18.2 Å². The monoisotopic (exact) mass is 444 g/mol. The van der Waals surface area contributed by atoms with Gasteiger partial charge in [0.2, 0.25) is 5.91 Å². The number of piperidine rings is 1. The number of anilines is 1. The van der Waals surface area contributed by atoms with Crippen LogP contribution in [0.3, 0.4) is 0 Å². The molecule has 4 amide bonds. The first-order valence-electron chi connectivity index (χ1n) is 10.9. The number of aromatic nitrogens is 1. The number of fused-ring (bicyclic) bond motifs is 1. The third-order valence-electron chi connectivity index (χ3n) is 6.06. The molecule has 32 heavy (non-hydrogen) atoms. The van der Waals surface area contributed by atoms with Crippen molar-refractivity contribution in [2.45, 2.75) is 51.6 Å². The molecule has 2 aromatic rings. The van der Waals surface area contributed by atoms with Crippen LogP contribution in [0.25, 0.3) is 10.9 Å². The molecule has 2 aliphatic rings. The second-order valence-electron chi connectivity index (χ2n) is 9.49. The second-order valence-corrected chi connectivity index (χ2v) is 9.49. The van der Waals surface area contributed by atoms with E-state index in [1.54, 1.807) is 11.0 Å². The molecule has 2 fully saturated rings. The highest BCUT2D eigenvalue weighted by Crippen LogP contribution is 2.35. The molecule has 0 aliphatic carbocycles. The predicted molar refractivity (Wildman–Crippen MR) is 118 cm³/mol. The Labute approximate surface area is 186 Å². The number of amides is 4. The molecular weight excluding hydrogens is 415 g/mol. The van der Waals surface area contributed by atoms with Gasteiger partial charge in [0.05, 0.1) is 11.2 Å². The number of carbonyl (C=O) groups is 3. The van der Waals surface area contributed by atoms with Crippen molar-refractivity contribution in [2.24, 2.45) is 7.05 Å². The summed E-state index contributed by atoms with van der Waals surface area (Å²) in [6, 6.07) is 4.45. The number of nitrogens with one attached hydrogen (secondary N) is 1. The smallest absolute Gasteiger partial charge is 0.410 e. The summed E-state index contributed by atoms with van der Waals surface area (Å²) >= 11 is 0. The van der Waals surface area contributed by atoms with Gasteiger partial charge in [0, 0.05) is 50.1 Å². The first kappa shape index (κ1) is 22.1. The Balaban J connectivity index is 1.54. The number of halogens is 1. The number of hydrogen-bond donors (Lipinski definition) is 1. The van der Waals surface area contributed by atoms with Gasteiger partial charge in [0.25, 0.3) is 0 Å². The Morgan fingerprint density at radius 2 is 1.81 bits per heavy atom. The lowest BCUT2D eigenvalue weighted by molar-refractivity contribution is -0.120. The number of aryl methyl sites for hydroxylation is 1. The van der Waals surface area contributed by atoms with Gasteiger partial charge in [-0.3, -0.25) is 15.0 Å². The molecule has 4 rings (SSSR count). The molecule has 0 atom stereocenters. The largest absolute Gasteiger partial charge is 0.444 e. The molecule has 0 bridgehead atoms. The third-order valence-corrected chi connectivity index (χ3v) is 6.06. The van der Waals surface area contributed by atoms with E-state index in [2.05, 4.69) is 5.32 Å². The lowest BCUT2D eigenvalue weighted by Crippen LogP contribution is -2.49. The van der Waals surface area contributed by atoms with Crippen molar-refractivity contribution in [1.82, 2.24) is 14.8 Å². The molecule has 2 saturated heterocycles. The fourth-order valence-corrected chi connectivity index (χ4v) is 4.44. The molecule has 0 spiro atoms. The first-order valence-corrected chi connectivity index (χ1v) is 10.9. The van der Waals surface area contributed by atoms with Gasteiger partial charge < -0.3 is 14.2 Å². The summed E-state index contributed by atoms with van der Waals surface area (Å²) in [4.78, 5) is 39.1. The zero-order valence-corrected chi connectivity index (χ0v) is 18.9. The first-order chi connectivity index (χ1) is 15.0. The van der Waals surface area contributed by atoms with Crippen LogP contribution < -0.4 is 10.2 Å². The Hall–Kier alpha value is -3.10. The summed E-state index contributed by atoms with van der Waals surface area (Å²) < 4.78 is 22.4. The molecule has 0 unspecified atom stereocenters. The number of carbonyl (C=O) groups excluding carboxylic acids is 3. The Morgan fingerprint density at radius 3 is 2.44 bits per heavy atom. The van der Waals surface area contributed by atoms with Gasteiger partial charge in [0.15, 0.2) is 0 Å². The Bertz CT molecular complexity index is 1080. The van der Waals surface area contributed by atoms with Crippen molar-refractivity contribution in [2.75, 3.05) is 24.5 Å². The maximum Gasteiger partial charge on any atom is 0.410 e. The Kier molecular flexibility index (Phi) is 5.60. The zero-order chi connectivity index (χ0) is 23.2. The highest BCUT2D eigenvalue weighted by atomic mass is 19.1. The van der Waals surface area contributed by atoms with Crippen LogP contribution in [0.5, 0.6) is 0 Å². The van der Waals surface area contributed by atoms with E-state index in [4.69, 9.17) is 4.74 Å². The highest BCUT2D eigenvalue weighted by molar-refractivity contribution is 6.06. The van der Waals surface area contributed by atoms with Crippen LogP contribution in [0.2, 0.25) is 0 Å². The molecule has 8 nitrogen and oxygen atoms in total. The van der Waals surface area contributed by atoms with Gasteiger partial charge in [-0.1, -0.05) is 0 Å². The zero-order valence-electron chi connectivity index (χ0n) is 18.9. The van der Waals surface area contributed by atoms with Gasteiger partial charge in [-0.15, -0.1) is 0 Å². The summed E-state index contributed by atoms with van der Waals surface area (Å²) in [7, 11) is 1.89. The predicted octanol–water partition coefficient (Wildman–Crippen LogP) is 3.88. The molecule has 9 heteroatoms. The topological polar surface area (TPSA) is 83.9 Å². The molecule has 1 aromatic heterocycles. The van der Waals surface area contributed by atoms with E-state index in [0.717, 1.165) is 18.5 Å². The van der Waals surface area contributed by atoms with Crippen molar-refractivity contribution in [3.63, 3.8) is 0 Å². The van der Waals surface area contributed by atoms with Crippen molar-refractivity contribution in [3.8, 4) is 0 Å². The van der Waals surface area contributed by atoms with Crippen LogP contribution in [0, 0.1) is 5.82 Å². The molecular formula is C23H29FN4O4. The summed E-state index contributed by atoms with van der Waals surface area (Å²) in [6.45, 7) is 6.92. The average Bonchev–Trinajstić information content (AvgIpc) is 3.04. The maximum absolute atomic E-state index is 15.0. The van der Waals surface area contributed by atoms with Crippen LogP contribution in [-0.2, 0) is 16.6 Å². The van der Waals surface area contributed by atoms with E-state index >= 15 is 0 Å². The normalized spacial score (nSPS) is 18.3. The number of ether oxygens (including phenoxy) is 1. The third kappa shape index (κ3) is 4.28. The molecule has 0 saturated carbocycles. The van der Waals surface area contributed by atoms with Crippen molar-refractivity contribution < 1.29 is 23.5 Å². The van der Waals surface area contributed by atoms with Crippen LogP contribution in [-0.4, -0.2) is 52.7 Å². The van der Waals surface area contributed by atoms with Gasteiger partial charge in [-0.25, -0.2) is 14.0 Å². The van der Waals surface area contributed by atoms with E-state index in [0.29, 0.717) is 29.7 Å². The number of urea groups is 1. The van der Waals surface area contributed by atoms with E-state index in [1.165, 1.54) is 11.0 Å². The number of rotatable bonds is 2. The van der Waals surface area contributed by atoms with E-state index in [9.17, 15) is 18.8 Å². The van der Waals surface area contributed by atoms with E-state index in [1.807, 2.05) is 38.5 Å². The number of nitrogens with zero attached hydrogens (tertiary/aromatic N) is 3. The maximum atomic E-state index is 15.0. The minimum atomic E-state index is -0.538. The quantitative estimate of drug-likeness (QED) is 0.762. The van der Waals surface area contributed by atoms with Crippen LogP contribution in [0.1, 0.15) is 51.6 Å². The van der Waals surface area contributed by atoms with Gasteiger partial charge >= 0.3 is 12.1 Å². The van der Waals surface area contributed by atoms with Gasteiger partial charge in [0.1, 0.15) is 11.4 Å². The lowest BCUT2D eigenvalue weighted by atomic mass is 9.93. The number of imide groups is 1. The fourth-order valence-electron chi connectivity index (χ4n) is 4.44. The van der Waals surface area contributed by atoms with Gasteiger partial charge in [-0.2, -0.15) is 0 Å². The van der Waals surface area contributed by atoms with Gasteiger partial charge in [-0.05, 0) is 51.8 Å². The Morgan fingerprint density at radius 1 is 1.12 bits per heavy atom. The van der Waals surface area contributed by atoms with E-state index in [-0.39, 0.29) is 30.9 Å². The lowest BCUT2D eigenvalue weighted by Gasteiger charge is -2.33. The molecule has 1 N–H and O–H groups in total. The number of hydrogen-bond acceptors (Lipinski definition) is 4. The summed E-state index contributed by atoms with van der Waals surface area (Å²) in [5.74, 6) is -0.549. The highest BCUT2D eigenvalue weighted by Gasteiger charge is 2.30. The standard InChI is InChI=1S/C23H29FN4O4/c1-23(2,3)32-22(31)27-8-5-14(6-9-27)18-13-16-17(24)11-15(12-19(16)26(18)4)28-10-7-20(29)25-21(28)30/h11-14H,5-10H2,1-4H3,(H,25,29,30). The fraction of sp³-hybridized carbons (Fsp3) is 0.522. The molecule has 2 aliphatic heterocycles. The summed E-state index contributed by atoms with van der Waals surface area (Å²) in [5.41, 5.74) is 1.58. The average molecular weight is 445 g/mol. The van der Waals surface area contributed by atoms with Crippen molar-refractivity contribution >= 4 is 34.6 Å². The minimum Gasteiger partial charge on any atom is -0.444 e. The van der Waals surface area contributed by atoms with Crippen LogP contribution >= 0.6 is 0 Å². The summed E-state index contributed by atoms with van der Waals surface area (Å²) in [6.07, 6.45) is 1.39. The van der Waals surface area contributed by atoms with Crippen molar-refractivity contribution in [3.05, 3.63) is 29.7 Å². The van der Waals surface area contributed by atoms with Crippen LogP contribution in [0.4, 0.5) is 19.7 Å². The summed E-state index contributed by atoms with van der Waals surface area (Å²) in [5, 5.41) is 2.77. The van der Waals surface area contributed by atoms with Crippen molar-refractivity contribution in [1.29, 1.82) is 0 Å². The molecule has 0 radical (unpaired) electrons. The second kappa shape index (κ2) is 8.11. The SMILES string of the molecule is Cn1c(C2CCN(C(=O)OC(C)(C)C)CC2)cc2c(F)cc(N3CCC(=O)NC3=O)cc21. The van der Waals surface area contributed by atoms with E-state index < -0.39 is 17.4 Å². The molecule has 172 valence electrons.